The molecule has 2 aliphatic rings. The number of hydrogen-bond donors (Lipinski definition) is 6. The summed E-state index contributed by atoms with van der Waals surface area (Å²) in [5, 5.41) is 86.7. The molecular weight excluding hydrogens is 792 g/mol. The van der Waals surface area contributed by atoms with Gasteiger partial charge >= 0.3 is 23.9 Å². The number of fused-ring (bicyclic) bond motifs is 8. The Morgan fingerprint density at radius 2 is 0.700 bits per heavy atom. The summed E-state index contributed by atoms with van der Waals surface area (Å²) in [4.78, 5) is 111. The maximum atomic E-state index is 12.3. The number of H-pyrrole nitrogens is 2. The van der Waals surface area contributed by atoms with Crippen LogP contribution in [0.5, 0.6) is 0 Å². The van der Waals surface area contributed by atoms with E-state index < -0.39 is 99.1 Å². The summed E-state index contributed by atoms with van der Waals surface area (Å²) in [6.07, 6.45) is -6.76. The maximum Gasteiger partial charge on any atom is 0.307 e. The molecule has 2 aliphatic heterocycles. The SMILES string of the molecule is O=C([O-])CCC1=C(CC(=O)O)c2cc3nc(cc4[nH]c(cc5[nH]c(cc1n2)c(CC(=O)O)c5CCC(=O)[O-])c(CC(=O)O)c4CCC(=O)[O-])C(CC(=O)O)=C3CCC(=O)[O-]. The Balaban J connectivity index is 2.09. The predicted molar refractivity (Wildman–Crippen MR) is 197 cm³/mol. The number of carboxylic acid groups (broad SMARTS) is 8. The number of aromatic amines is 2. The molecule has 0 unspecified atom stereocenters. The molecule has 314 valence electrons. The van der Waals surface area contributed by atoms with Crippen molar-refractivity contribution in [3.63, 3.8) is 0 Å². The van der Waals surface area contributed by atoms with Crippen LogP contribution in [0.4, 0.5) is 0 Å². The van der Waals surface area contributed by atoms with E-state index >= 15 is 0 Å². The molecule has 0 radical (unpaired) electrons. The smallest absolute Gasteiger partial charge is 0.307 e. The van der Waals surface area contributed by atoms with Crippen LogP contribution in [0.15, 0.2) is 24.3 Å². The van der Waals surface area contributed by atoms with Crippen LogP contribution in [0.1, 0.15) is 96.4 Å². The Kier molecular flexibility index (Phi) is 13.3. The maximum absolute atomic E-state index is 12.3. The van der Waals surface area contributed by atoms with Crippen molar-refractivity contribution in [1.29, 1.82) is 0 Å². The van der Waals surface area contributed by atoms with E-state index in [9.17, 15) is 79.2 Å². The van der Waals surface area contributed by atoms with Crippen molar-refractivity contribution in [2.75, 3.05) is 0 Å². The first-order valence-corrected chi connectivity index (χ1v) is 18.2. The lowest BCUT2D eigenvalue weighted by Crippen LogP contribution is -2.22. The van der Waals surface area contributed by atoms with Gasteiger partial charge in [-0.15, -0.1) is 0 Å². The van der Waals surface area contributed by atoms with Crippen molar-refractivity contribution in [2.45, 2.75) is 77.0 Å². The molecule has 5 heterocycles. The van der Waals surface area contributed by atoms with Gasteiger partial charge in [-0.25, -0.2) is 9.97 Å². The van der Waals surface area contributed by atoms with E-state index in [2.05, 4.69) is 19.9 Å². The topological polar surface area (TPSA) is 367 Å². The highest BCUT2D eigenvalue weighted by atomic mass is 16.4. The third kappa shape index (κ3) is 10.4. The molecular formula is C40H34N4O16-4. The quantitative estimate of drug-likeness (QED) is 0.0776. The lowest BCUT2D eigenvalue weighted by atomic mass is 9.95. The van der Waals surface area contributed by atoms with Gasteiger partial charge in [0.1, 0.15) is 0 Å². The van der Waals surface area contributed by atoms with Gasteiger partial charge in [0.15, 0.2) is 0 Å². The van der Waals surface area contributed by atoms with E-state index in [-0.39, 0.29) is 115 Å². The first kappa shape index (κ1) is 43.5. The second-order valence-electron chi connectivity index (χ2n) is 13.8. The lowest BCUT2D eigenvalue weighted by Gasteiger charge is -2.09. The van der Waals surface area contributed by atoms with Crippen molar-refractivity contribution in [2.24, 2.45) is 0 Å². The standard InChI is InChI=1S/C40H38N4O16/c45-33(46)5-1-17-21(9-37(53)54)29-14-26-19(3-7-35(49)50)23(11-39(57)58)31(43-26)16-28-20(4-8-36(51)52)24(12-40(59)60)32(44-28)15-27-18(2-6-34(47)48)22(10-38(55)56)30(42-27)13-25(17)41-29/h13-16,41-42H,1-12H2,(H,45,46)(H,47,48)(H,49,50)(H,51,52)(H,53,54)(H,55,56)(H,57,58)(H,59,60)/p-4. The van der Waals surface area contributed by atoms with Crippen molar-refractivity contribution in [3.8, 4) is 0 Å². The number of nitrogens with one attached hydrogen (secondary N) is 2. The second kappa shape index (κ2) is 18.3. The minimum Gasteiger partial charge on any atom is -0.550 e. The zero-order valence-corrected chi connectivity index (χ0v) is 31.4. The second-order valence-corrected chi connectivity index (χ2v) is 13.8. The molecule has 0 spiro atoms. The Morgan fingerprint density at radius 3 is 1.08 bits per heavy atom. The number of aromatic nitrogens is 4. The summed E-state index contributed by atoms with van der Waals surface area (Å²) in [6.45, 7) is 0. The first-order chi connectivity index (χ1) is 28.3. The van der Waals surface area contributed by atoms with Gasteiger partial charge in [0.25, 0.3) is 0 Å². The van der Waals surface area contributed by atoms with Crippen LogP contribution in [0.25, 0.3) is 44.4 Å². The largest absolute Gasteiger partial charge is 0.550 e. The Morgan fingerprint density at radius 1 is 0.400 bits per heavy atom. The third-order valence-electron chi connectivity index (χ3n) is 9.77. The molecule has 0 fully saturated rings. The molecule has 20 heteroatoms. The highest BCUT2D eigenvalue weighted by molar-refractivity contribution is 6.02. The van der Waals surface area contributed by atoms with Gasteiger partial charge in [-0.3, -0.25) is 19.2 Å². The number of rotatable bonds is 20. The van der Waals surface area contributed by atoms with Crippen LogP contribution in [0, 0.1) is 0 Å². The molecule has 20 nitrogen and oxygen atoms in total. The summed E-state index contributed by atoms with van der Waals surface area (Å²) in [5.74, 6) is -11.5. The van der Waals surface area contributed by atoms with E-state index in [1.807, 2.05) is 0 Å². The number of nitrogens with zero attached hydrogens (tertiary/aromatic N) is 2. The van der Waals surface area contributed by atoms with Crippen LogP contribution < -0.4 is 20.4 Å². The summed E-state index contributed by atoms with van der Waals surface area (Å²) in [6, 6.07) is 5.19. The van der Waals surface area contributed by atoms with Gasteiger partial charge < -0.3 is 70.0 Å². The number of allylic oxidation sites excluding steroid dienone is 2. The minimum absolute atomic E-state index is 0.00660. The first-order valence-electron chi connectivity index (χ1n) is 18.2. The van der Waals surface area contributed by atoms with E-state index in [1.54, 1.807) is 0 Å². The van der Waals surface area contributed by atoms with Crippen LogP contribution in [0.3, 0.4) is 0 Å². The normalized spacial score (nSPS) is 12.4. The molecule has 6 N–H and O–H groups in total. The zero-order valence-electron chi connectivity index (χ0n) is 31.4. The monoisotopic (exact) mass is 826 g/mol. The highest BCUT2D eigenvalue weighted by Gasteiger charge is 2.27. The van der Waals surface area contributed by atoms with E-state index in [0.29, 0.717) is 0 Å². The van der Waals surface area contributed by atoms with Crippen molar-refractivity contribution in [3.05, 3.63) is 69.3 Å². The van der Waals surface area contributed by atoms with Crippen LogP contribution >= 0.6 is 0 Å². The molecule has 0 saturated carbocycles. The lowest BCUT2D eigenvalue weighted by molar-refractivity contribution is -0.307. The molecule has 3 aromatic heterocycles. The predicted octanol–water partition coefficient (Wildman–Crippen LogP) is -1.23. The van der Waals surface area contributed by atoms with Crippen LogP contribution in [-0.2, 0) is 64.0 Å². The number of carboxylic acids is 8. The molecule has 0 aromatic carbocycles. The van der Waals surface area contributed by atoms with Crippen molar-refractivity contribution in [1.82, 2.24) is 19.9 Å². The molecule has 5 rings (SSSR count). The number of aliphatic carboxylic acids is 8. The summed E-state index contributed by atoms with van der Waals surface area (Å²) in [7, 11) is 0. The summed E-state index contributed by atoms with van der Waals surface area (Å²) >= 11 is 0. The van der Waals surface area contributed by atoms with Gasteiger partial charge in [0.05, 0.1) is 48.5 Å². The molecule has 8 bridgehead atoms. The molecule has 0 aliphatic carbocycles. The van der Waals surface area contributed by atoms with E-state index in [4.69, 9.17) is 0 Å². The number of aryl methyl sites for hydroxylation is 2. The summed E-state index contributed by atoms with van der Waals surface area (Å²) < 4.78 is 0. The molecule has 60 heavy (non-hydrogen) atoms. The average molecular weight is 827 g/mol. The Labute approximate surface area is 337 Å². The fourth-order valence-electron chi connectivity index (χ4n) is 7.35. The minimum atomic E-state index is -1.51. The fraction of sp³-hybridized carbons (Fsp3) is 0.300. The number of hydrogen-bond acceptors (Lipinski definition) is 14. The zero-order chi connectivity index (χ0) is 44.0. The van der Waals surface area contributed by atoms with Crippen LogP contribution in [0.2, 0.25) is 0 Å². The molecule has 0 saturated heterocycles. The molecule has 3 aromatic rings. The van der Waals surface area contributed by atoms with E-state index in [1.165, 1.54) is 24.3 Å². The van der Waals surface area contributed by atoms with Gasteiger partial charge in [0.2, 0.25) is 0 Å². The van der Waals surface area contributed by atoms with Crippen molar-refractivity contribution < 1.29 is 79.2 Å². The van der Waals surface area contributed by atoms with Gasteiger partial charge in [-0.2, -0.15) is 0 Å². The van der Waals surface area contributed by atoms with Crippen LogP contribution in [-0.4, -0.2) is 88.1 Å². The van der Waals surface area contributed by atoms with Gasteiger partial charge in [-0.1, -0.05) is 0 Å². The van der Waals surface area contributed by atoms with E-state index in [0.717, 1.165) is 0 Å². The number of carbonyl (C=O) groups is 8. The average Bonchev–Trinajstić information content (AvgIpc) is 3.81. The fourth-order valence-corrected chi connectivity index (χ4v) is 7.35. The van der Waals surface area contributed by atoms with Crippen molar-refractivity contribution >= 4 is 92.1 Å². The summed E-state index contributed by atoms with van der Waals surface area (Å²) in [5.41, 5.74) is 0.190. The van der Waals surface area contributed by atoms with Gasteiger partial charge in [0, 0.05) is 45.9 Å². The Bertz CT molecular complexity index is 2590. The Hall–Kier alpha value is -7.64. The number of carbonyl (C=O) groups excluding carboxylic acids is 4. The third-order valence-corrected chi connectivity index (χ3v) is 9.77. The highest BCUT2D eigenvalue weighted by Crippen LogP contribution is 2.40. The molecule has 0 atom stereocenters. The molecule has 0 amide bonds. The van der Waals surface area contributed by atoms with Gasteiger partial charge in [-0.05, 0) is 120 Å².